The molecule has 0 bridgehead atoms. The highest BCUT2D eigenvalue weighted by Gasteiger charge is 2.06. The zero-order chi connectivity index (χ0) is 13.8. The van der Waals surface area contributed by atoms with E-state index in [0.29, 0.717) is 28.1 Å². The van der Waals surface area contributed by atoms with Crippen molar-refractivity contribution in [3.63, 3.8) is 0 Å². The first-order valence-corrected chi connectivity index (χ1v) is 7.28. The van der Waals surface area contributed by atoms with Crippen LogP contribution in [0.3, 0.4) is 0 Å². The lowest BCUT2D eigenvalue weighted by molar-refractivity contribution is 0.346. The van der Waals surface area contributed by atoms with Gasteiger partial charge in [-0.05, 0) is 37.7 Å². The van der Waals surface area contributed by atoms with Crippen molar-refractivity contribution in [3.8, 4) is 0 Å². The fourth-order valence-corrected chi connectivity index (χ4v) is 2.58. The maximum absolute atomic E-state index is 12.0. The smallest absolute Gasteiger partial charge is 0.258 e. The minimum Gasteiger partial charge on any atom is -0.479 e. The van der Waals surface area contributed by atoms with Crippen molar-refractivity contribution in [2.24, 2.45) is 0 Å². The van der Waals surface area contributed by atoms with Gasteiger partial charge < -0.3 is 4.74 Å². The number of aromatic nitrogens is 2. The summed E-state index contributed by atoms with van der Waals surface area (Å²) in [5.41, 5.74) is 2.30. The van der Waals surface area contributed by atoms with Crippen molar-refractivity contribution in [2.75, 3.05) is 6.61 Å². The molecular formula is C13H14N2O2S2. The summed E-state index contributed by atoms with van der Waals surface area (Å²) in [6.07, 6.45) is 1.72. The van der Waals surface area contributed by atoms with Crippen LogP contribution in [0.1, 0.15) is 18.2 Å². The second kappa shape index (κ2) is 6.16. The minimum atomic E-state index is -0.0772. The topological polar surface area (TPSA) is 43.6 Å². The van der Waals surface area contributed by atoms with Gasteiger partial charge in [0.15, 0.2) is 0 Å². The molecule has 0 atom stereocenters. The van der Waals surface area contributed by atoms with Crippen LogP contribution in [-0.2, 0) is 10.5 Å². The summed E-state index contributed by atoms with van der Waals surface area (Å²) in [6.45, 7) is 4.37. The van der Waals surface area contributed by atoms with Crippen LogP contribution >= 0.6 is 24.0 Å². The number of pyridine rings is 1. The van der Waals surface area contributed by atoms with Gasteiger partial charge >= 0.3 is 0 Å². The molecule has 0 amide bonds. The fraction of sp³-hybridized carbons (Fsp3) is 0.308. The summed E-state index contributed by atoms with van der Waals surface area (Å²) in [6, 6.07) is 5.31. The molecule has 0 saturated heterocycles. The molecule has 0 aliphatic carbocycles. The number of hydrogen-bond acceptors (Lipinski definition) is 5. The second-order valence-corrected chi connectivity index (χ2v) is 5.52. The summed E-state index contributed by atoms with van der Waals surface area (Å²) < 4.78 is 7.22. The third-order valence-electron chi connectivity index (χ3n) is 2.54. The lowest BCUT2D eigenvalue weighted by Gasteiger charge is -2.06. The normalized spacial score (nSPS) is 10.6. The van der Waals surface area contributed by atoms with Crippen LogP contribution in [0.25, 0.3) is 5.65 Å². The third kappa shape index (κ3) is 3.33. The van der Waals surface area contributed by atoms with Crippen LogP contribution in [0, 0.1) is 6.92 Å². The van der Waals surface area contributed by atoms with E-state index in [1.807, 2.05) is 26.0 Å². The molecule has 0 N–H and O–H groups in total. The predicted octanol–water partition coefficient (Wildman–Crippen LogP) is 2.56. The lowest BCUT2D eigenvalue weighted by Crippen LogP contribution is -2.16. The minimum absolute atomic E-state index is 0.0772. The van der Waals surface area contributed by atoms with Crippen molar-refractivity contribution in [1.29, 1.82) is 0 Å². The Kier molecular flexibility index (Phi) is 4.55. The zero-order valence-corrected chi connectivity index (χ0v) is 12.4. The molecule has 0 spiro atoms. The van der Waals surface area contributed by atoms with Gasteiger partial charge in [0.05, 0.1) is 12.3 Å². The molecule has 0 fully saturated rings. The summed E-state index contributed by atoms with van der Waals surface area (Å²) in [4.78, 5) is 16.5. The largest absolute Gasteiger partial charge is 0.479 e. The van der Waals surface area contributed by atoms with Crippen molar-refractivity contribution in [1.82, 2.24) is 9.38 Å². The highest BCUT2D eigenvalue weighted by Crippen LogP contribution is 2.14. The fourth-order valence-electron chi connectivity index (χ4n) is 1.68. The first-order valence-electron chi connectivity index (χ1n) is 5.89. The van der Waals surface area contributed by atoms with Crippen LogP contribution in [0.4, 0.5) is 0 Å². The summed E-state index contributed by atoms with van der Waals surface area (Å²) in [5.74, 6) is 0.541. The number of aryl methyl sites for hydroxylation is 1. The number of thiocarbonyl (C=S) groups is 1. The SMILES string of the molecule is CCOC(=S)SCc1cc(=O)n2cccc(C)c2n1. The number of ether oxygens (including phenoxy) is 1. The van der Waals surface area contributed by atoms with Gasteiger partial charge in [-0.15, -0.1) is 0 Å². The average molecular weight is 294 g/mol. The number of fused-ring (bicyclic) bond motifs is 1. The second-order valence-electron chi connectivity index (χ2n) is 3.94. The predicted molar refractivity (Wildman–Crippen MR) is 81.7 cm³/mol. The maximum atomic E-state index is 12.0. The molecule has 0 unspecified atom stereocenters. The highest BCUT2D eigenvalue weighted by atomic mass is 32.2. The van der Waals surface area contributed by atoms with Crippen molar-refractivity contribution in [3.05, 3.63) is 46.0 Å². The Morgan fingerprint density at radius 2 is 2.37 bits per heavy atom. The van der Waals surface area contributed by atoms with E-state index in [1.54, 1.807) is 10.6 Å². The van der Waals surface area contributed by atoms with Crippen LogP contribution in [-0.4, -0.2) is 20.4 Å². The monoisotopic (exact) mass is 294 g/mol. The summed E-state index contributed by atoms with van der Waals surface area (Å²) in [5, 5.41) is 0. The molecule has 0 aliphatic heterocycles. The Hall–Kier alpha value is -1.40. The van der Waals surface area contributed by atoms with E-state index < -0.39 is 0 Å². The van der Waals surface area contributed by atoms with E-state index in [9.17, 15) is 4.79 Å². The highest BCUT2D eigenvalue weighted by molar-refractivity contribution is 8.22. The van der Waals surface area contributed by atoms with Crippen molar-refractivity contribution < 1.29 is 4.74 Å². The van der Waals surface area contributed by atoms with E-state index in [2.05, 4.69) is 4.98 Å². The molecule has 0 aromatic carbocycles. The molecule has 2 heterocycles. The maximum Gasteiger partial charge on any atom is 0.258 e. The van der Waals surface area contributed by atoms with Gasteiger partial charge in [-0.3, -0.25) is 9.20 Å². The Labute approximate surface area is 120 Å². The average Bonchev–Trinajstić information content (AvgIpc) is 2.38. The van der Waals surface area contributed by atoms with Crippen molar-refractivity contribution >= 4 is 34.0 Å². The van der Waals surface area contributed by atoms with Gasteiger partial charge in [0.1, 0.15) is 5.65 Å². The van der Waals surface area contributed by atoms with E-state index in [0.717, 1.165) is 5.56 Å². The molecule has 2 aromatic heterocycles. The number of nitrogens with zero attached hydrogens (tertiary/aromatic N) is 2. The Morgan fingerprint density at radius 3 is 3.11 bits per heavy atom. The van der Waals surface area contributed by atoms with Gasteiger partial charge in [-0.2, -0.15) is 0 Å². The first-order chi connectivity index (χ1) is 9.11. The number of rotatable bonds is 3. The molecule has 2 aromatic rings. The lowest BCUT2D eigenvalue weighted by atomic mass is 10.3. The molecular weight excluding hydrogens is 280 g/mol. The third-order valence-corrected chi connectivity index (χ3v) is 3.80. The Balaban J connectivity index is 2.28. The van der Waals surface area contributed by atoms with E-state index in [4.69, 9.17) is 17.0 Å². The molecule has 0 aliphatic rings. The zero-order valence-electron chi connectivity index (χ0n) is 10.8. The van der Waals surface area contributed by atoms with E-state index in [1.165, 1.54) is 17.8 Å². The molecule has 4 nitrogen and oxygen atoms in total. The van der Waals surface area contributed by atoms with Gasteiger partial charge in [-0.1, -0.05) is 17.8 Å². The summed E-state index contributed by atoms with van der Waals surface area (Å²) in [7, 11) is 0. The van der Waals surface area contributed by atoms with Crippen LogP contribution in [0.15, 0.2) is 29.2 Å². The number of thioether (sulfide) groups is 1. The quantitative estimate of drug-likeness (QED) is 0.814. The summed E-state index contributed by atoms with van der Waals surface area (Å²) >= 11 is 6.41. The Bertz CT molecular complexity index is 667. The van der Waals surface area contributed by atoms with Gasteiger partial charge in [-0.25, -0.2) is 4.98 Å². The Morgan fingerprint density at radius 1 is 1.58 bits per heavy atom. The molecule has 0 radical (unpaired) electrons. The van der Waals surface area contributed by atoms with E-state index >= 15 is 0 Å². The number of hydrogen-bond donors (Lipinski definition) is 0. The molecule has 2 rings (SSSR count). The molecule has 19 heavy (non-hydrogen) atoms. The molecule has 6 heteroatoms. The van der Waals surface area contributed by atoms with Crippen LogP contribution < -0.4 is 5.56 Å². The van der Waals surface area contributed by atoms with Gasteiger partial charge in [0.25, 0.3) is 5.56 Å². The van der Waals surface area contributed by atoms with Crippen LogP contribution in [0.5, 0.6) is 0 Å². The van der Waals surface area contributed by atoms with Gasteiger partial charge in [0, 0.05) is 18.0 Å². The van der Waals surface area contributed by atoms with Crippen molar-refractivity contribution in [2.45, 2.75) is 19.6 Å². The van der Waals surface area contributed by atoms with E-state index in [-0.39, 0.29) is 5.56 Å². The molecule has 100 valence electrons. The standard InChI is InChI=1S/C13H14N2O2S2/c1-3-17-13(18)19-8-10-7-11(16)15-6-4-5-9(2)12(15)14-10/h4-7H,3,8H2,1-2H3. The van der Waals surface area contributed by atoms with Crippen LogP contribution in [0.2, 0.25) is 0 Å². The molecule has 0 saturated carbocycles. The first kappa shape index (κ1) is 14.0. The van der Waals surface area contributed by atoms with Gasteiger partial charge in [0.2, 0.25) is 4.38 Å².